The molecule has 1 atom stereocenters. The molecule has 0 aliphatic carbocycles. The molecule has 3 nitrogen and oxygen atoms in total. The Labute approximate surface area is 125 Å². The number of hydrogen-bond donors (Lipinski definition) is 1. The van der Waals surface area contributed by atoms with Crippen molar-refractivity contribution in [1.29, 1.82) is 0 Å². The Hall–Kier alpha value is -0.420. The zero-order chi connectivity index (χ0) is 14.3. The second-order valence-corrected chi connectivity index (χ2v) is 6.96. The van der Waals surface area contributed by atoms with E-state index in [0.717, 1.165) is 12.8 Å². The molecule has 1 amide bonds. The molecule has 0 saturated carbocycles. The van der Waals surface area contributed by atoms with E-state index in [4.69, 9.17) is 0 Å². The number of nitrogens with one attached hydrogen (secondary N) is 1. The van der Waals surface area contributed by atoms with Crippen LogP contribution in [-0.4, -0.2) is 42.4 Å². The van der Waals surface area contributed by atoms with Gasteiger partial charge < -0.3 is 4.90 Å². The van der Waals surface area contributed by atoms with Crippen molar-refractivity contribution >= 4 is 18.3 Å². The molecule has 6 heteroatoms. The van der Waals surface area contributed by atoms with Crippen LogP contribution in [0.5, 0.6) is 0 Å². The van der Waals surface area contributed by atoms with Crippen molar-refractivity contribution < 1.29 is 13.6 Å². The van der Waals surface area contributed by atoms with Gasteiger partial charge in [-0.25, -0.2) is 8.78 Å². The number of rotatable bonds is 1. The van der Waals surface area contributed by atoms with Crippen LogP contribution in [0.2, 0.25) is 0 Å². The van der Waals surface area contributed by atoms with E-state index in [1.54, 1.807) is 4.90 Å². The van der Waals surface area contributed by atoms with Crippen LogP contribution in [0.1, 0.15) is 40.0 Å². The Bertz CT molecular complexity index is 350. The molecule has 0 bridgehead atoms. The number of carbonyl (C=O) groups is 1. The molecule has 0 radical (unpaired) electrons. The zero-order valence-corrected chi connectivity index (χ0v) is 13.2. The Morgan fingerprint density at radius 3 is 2.20 bits per heavy atom. The molecular weight excluding hydrogens is 286 g/mol. The van der Waals surface area contributed by atoms with E-state index < -0.39 is 12.0 Å². The molecule has 0 spiro atoms. The normalized spacial score (nSPS) is 27.2. The minimum Gasteiger partial charge on any atom is -0.341 e. The molecule has 118 valence electrons. The summed E-state index contributed by atoms with van der Waals surface area (Å²) in [5.74, 6) is -2.27. The van der Waals surface area contributed by atoms with Gasteiger partial charge in [0.15, 0.2) is 0 Å². The van der Waals surface area contributed by atoms with Gasteiger partial charge in [0, 0.05) is 19.5 Å². The summed E-state index contributed by atoms with van der Waals surface area (Å²) >= 11 is 0. The highest BCUT2D eigenvalue weighted by Crippen LogP contribution is 2.35. The molecule has 20 heavy (non-hydrogen) atoms. The van der Waals surface area contributed by atoms with E-state index in [0.29, 0.717) is 19.0 Å². The number of piperidine rings is 1. The second-order valence-electron chi connectivity index (χ2n) is 6.96. The monoisotopic (exact) mass is 310 g/mol. The number of likely N-dealkylation sites (tertiary alicyclic amines) is 1. The van der Waals surface area contributed by atoms with Gasteiger partial charge in [-0.05, 0) is 24.2 Å². The van der Waals surface area contributed by atoms with Crippen LogP contribution in [0.4, 0.5) is 8.78 Å². The van der Waals surface area contributed by atoms with Crippen molar-refractivity contribution in [3.63, 3.8) is 0 Å². The standard InChI is InChI=1S/C14H24F2N2O.ClH/c1-13(2,3)10-4-6-18(7-5-10)12(19)11-8-14(15,16)9-17-11;/h10-11,17H,4-9H2,1-3H3;1H. The summed E-state index contributed by atoms with van der Waals surface area (Å²) in [6.07, 6.45) is 1.59. The van der Waals surface area contributed by atoms with Crippen LogP contribution < -0.4 is 5.32 Å². The summed E-state index contributed by atoms with van der Waals surface area (Å²) in [4.78, 5) is 13.9. The third kappa shape index (κ3) is 4.04. The van der Waals surface area contributed by atoms with Crippen LogP contribution in [0.25, 0.3) is 0 Å². The lowest BCUT2D eigenvalue weighted by Crippen LogP contribution is -2.48. The molecule has 0 aromatic carbocycles. The maximum absolute atomic E-state index is 13.1. The predicted molar refractivity (Wildman–Crippen MR) is 77.4 cm³/mol. The molecule has 2 heterocycles. The smallest absolute Gasteiger partial charge is 0.262 e. The van der Waals surface area contributed by atoms with Crippen LogP contribution in [-0.2, 0) is 4.79 Å². The molecule has 1 unspecified atom stereocenters. The van der Waals surface area contributed by atoms with Gasteiger partial charge in [0.1, 0.15) is 0 Å². The fourth-order valence-corrected chi connectivity index (χ4v) is 3.08. The van der Waals surface area contributed by atoms with Gasteiger partial charge in [-0.3, -0.25) is 10.1 Å². The summed E-state index contributed by atoms with van der Waals surface area (Å²) < 4.78 is 26.2. The highest BCUT2D eigenvalue weighted by atomic mass is 35.5. The lowest BCUT2D eigenvalue weighted by Gasteiger charge is -2.39. The van der Waals surface area contributed by atoms with Gasteiger partial charge in [0.2, 0.25) is 5.91 Å². The van der Waals surface area contributed by atoms with Crippen molar-refractivity contribution in [2.45, 2.75) is 52.0 Å². The highest BCUT2D eigenvalue weighted by Gasteiger charge is 2.44. The molecular formula is C14H25ClF2N2O. The molecule has 2 rings (SSSR count). The first-order valence-corrected chi connectivity index (χ1v) is 7.09. The predicted octanol–water partition coefficient (Wildman–Crippen LogP) is 2.69. The Morgan fingerprint density at radius 2 is 1.80 bits per heavy atom. The summed E-state index contributed by atoms with van der Waals surface area (Å²) in [6, 6.07) is -0.693. The number of halogens is 3. The number of hydrogen-bond acceptors (Lipinski definition) is 2. The fourth-order valence-electron chi connectivity index (χ4n) is 3.08. The third-order valence-electron chi connectivity index (χ3n) is 4.44. The minimum atomic E-state index is -2.73. The first-order valence-electron chi connectivity index (χ1n) is 7.09. The van der Waals surface area contributed by atoms with Crippen LogP contribution >= 0.6 is 12.4 Å². The number of nitrogens with zero attached hydrogens (tertiary/aromatic N) is 1. The van der Waals surface area contributed by atoms with Crippen molar-refractivity contribution in [2.24, 2.45) is 11.3 Å². The fraction of sp³-hybridized carbons (Fsp3) is 0.929. The number of alkyl halides is 2. The Morgan fingerprint density at radius 1 is 1.25 bits per heavy atom. The topological polar surface area (TPSA) is 32.3 Å². The summed E-state index contributed by atoms with van der Waals surface area (Å²) in [5.41, 5.74) is 0.258. The third-order valence-corrected chi connectivity index (χ3v) is 4.44. The summed E-state index contributed by atoms with van der Waals surface area (Å²) in [7, 11) is 0. The van der Waals surface area contributed by atoms with E-state index >= 15 is 0 Å². The van der Waals surface area contributed by atoms with Gasteiger partial charge >= 0.3 is 0 Å². The van der Waals surface area contributed by atoms with Crippen molar-refractivity contribution in [3.05, 3.63) is 0 Å². The maximum Gasteiger partial charge on any atom is 0.262 e. The molecule has 0 aromatic heterocycles. The minimum absolute atomic E-state index is 0. The molecule has 2 fully saturated rings. The summed E-state index contributed by atoms with van der Waals surface area (Å²) in [6.45, 7) is 7.67. The molecule has 1 N–H and O–H groups in total. The molecule has 0 aromatic rings. The maximum atomic E-state index is 13.1. The van der Waals surface area contributed by atoms with Gasteiger partial charge in [-0.2, -0.15) is 0 Å². The van der Waals surface area contributed by atoms with E-state index in [1.165, 1.54) is 0 Å². The lowest BCUT2D eigenvalue weighted by molar-refractivity contribution is -0.135. The molecule has 2 aliphatic rings. The first kappa shape index (κ1) is 17.6. The molecule has 2 aliphatic heterocycles. The van der Waals surface area contributed by atoms with Gasteiger partial charge in [0.05, 0.1) is 12.6 Å². The van der Waals surface area contributed by atoms with Gasteiger partial charge in [-0.1, -0.05) is 20.8 Å². The van der Waals surface area contributed by atoms with E-state index in [1.807, 2.05) is 0 Å². The first-order chi connectivity index (χ1) is 8.69. The van der Waals surface area contributed by atoms with E-state index in [2.05, 4.69) is 26.1 Å². The van der Waals surface area contributed by atoms with Crippen molar-refractivity contribution in [1.82, 2.24) is 10.2 Å². The Kier molecular flexibility index (Phi) is 5.41. The largest absolute Gasteiger partial charge is 0.341 e. The summed E-state index contributed by atoms with van der Waals surface area (Å²) in [5, 5.41) is 2.64. The van der Waals surface area contributed by atoms with Crippen LogP contribution in [0.3, 0.4) is 0 Å². The van der Waals surface area contributed by atoms with Crippen molar-refractivity contribution in [2.75, 3.05) is 19.6 Å². The lowest BCUT2D eigenvalue weighted by atomic mass is 9.75. The van der Waals surface area contributed by atoms with Gasteiger partial charge in [-0.15, -0.1) is 12.4 Å². The average molecular weight is 311 g/mol. The van der Waals surface area contributed by atoms with E-state index in [9.17, 15) is 13.6 Å². The zero-order valence-electron chi connectivity index (χ0n) is 12.4. The highest BCUT2D eigenvalue weighted by molar-refractivity contribution is 5.85. The van der Waals surface area contributed by atoms with E-state index in [-0.39, 0.29) is 36.7 Å². The quantitative estimate of drug-likeness (QED) is 0.807. The SMILES string of the molecule is CC(C)(C)C1CCN(C(=O)C2CC(F)(F)CN2)CC1.Cl. The Balaban J connectivity index is 0.00000200. The van der Waals surface area contributed by atoms with Crippen molar-refractivity contribution in [3.8, 4) is 0 Å². The van der Waals surface area contributed by atoms with Crippen LogP contribution in [0.15, 0.2) is 0 Å². The molecule has 2 saturated heterocycles. The number of amides is 1. The number of carbonyl (C=O) groups excluding carboxylic acids is 1. The second kappa shape index (κ2) is 6.14. The van der Waals surface area contributed by atoms with Gasteiger partial charge in [0.25, 0.3) is 5.92 Å². The van der Waals surface area contributed by atoms with Crippen LogP contribution in [0, 0.1) is 11.3 Å². The average Bonchev–Trinajstić information content (AvgIpc) is 2.68.